The van der Waals surface area contributed by atoms with Gasteiger partial charge in [0, 0.05) is 11.8 Å². The molecule has 2 aromatic carbocycles. The molecule has 0 aliphatic carbocycles. The fraction of sp³-hybridized carbons (Fsp3) is 0.158. The van der Waals surface area contributed by atoms with Crippen LogP contribution in [0.3, 0.4) is 0 Å². The van der Waals surface area contributed by atoms with Crippen molar-refractivity contribution in [3.8, 4) is 5.75 Å². The van der Waals surface area contributed by atoms with Crippen LogP contribution in [0.4, 0.5) is 19.1 Å². The number of methoxy groups -OCH3 is 1. The number of aromatic nitrogens is 3. The van der Waals surface area contributed by atoms with E-state index in [2.05, 4.69) is 10.1 Å². The van der Waals surface area contributed by atoms with Gasteiger partial charge in [-0.3, -0.25) is 0 Å². The summed E-state index contributed by atoms with van der Waals surface area (Å²) in [6, 6.07) is 12.5. The molecule has 0 saturated carbocycles. The molecule has 0 amide bonds. The van der Waals surface area contributed by atoms with Crippen LogP contribution >= 0.6 is 0 Å². The SMILES string of the molecule is COc1cccc2c1nc(N)n1nc(Cc3cccc(C(F)(F)F)c3)cc21. The van der Waals surface area contributed by atoms with Crippen molar-refractivity contribution in [2.75, 3.05) is 12.8 Å². The number of anilines is 1. The zero-order valence-corrected chi connectivity index (χ0v) is 14.3. The highest BCUT2D eigenvalue weighted by Crippen LogP contribution is 2.31. The molecule has 0 spiro atoms. The van der Waals surface area contributed by atoms with Crippen LogP contribution < -0.4 is 10.5 Å². The Bertz CT molecular complexity index is 1150. The van der Waals surface area contributed by atoms with Gasteiger partial charge in [0.25, 0.3) is 0 Å². The number of hydrogen-bond donors (Lipinski definition) is 1. The van der Waals surface area contributed by atoms with Crippen LogP contribution in [0.15, 0.2) is 48.5 Å². The Kier molecular flexibility index (Phi) is 3.91. The summed E-state index contributed by atoms with van der Waals surface area (Å²) in [5.41, 5.74) is 7.78. The zero-order chi connectivity index (χ0) is 19.2. The number of para-hydroxylation sites is 1. The highest BCUT2D eigenvalue weighted by Gasteiger charge is 2.30. The number of nitrogens with zero attached hydrogens (tertiary/aromatic N) is 3. The Morgan fingerprint density at radius 3 is 2.63 bits per heavy atom. The van der Waals surface area contributed by atoms with Gasteiger partial charge in [-0.2, -0.15) is 22.8 Å². The minimum Gasteiger partial charge on any atom is -0.494 e. The maximum absolute atomic E-state index is 12.9. The number of benzene rings is 2. The van der Waals surface area contributed by atoms with E-state index in [0.717, 1.165) is 23.0 Å². The van der Waals surface area contributed by atoms with Gasteiger partial charge in [0.05, 0.1) is 23.9 Å². The summed E-state index contributed by atoms with van der Waals surface area (Å²) in [4.78, 5) is 4.35. The lowest BCUT2D eigenvalue weighted by Gasteiger charge is -2.07. The van der Waals surface area contributed by atoms with Gasteiger partial charge in [-0.25, -0.2) is 4.98 Å². The van der Waals surface area contributed by atoms with Crippen molar-refractivity contribution in [2.45, 2.75) is 12.6 Å². The van der Waals surface area contributed by atoms with Crippen molar-refractivity contribution < 1.29 is 17.9 Å². The molecule has 0 aliphatic rings. The number of nitrogen functional groups attached to an aromatic ring is 1. The Morgan fingerprint density at radius 2 is 1.89 bits per heavy atom. The zero-order valence-electron chi connectivity index (χ0n) is 14.3. The van der Waals surface area contributed by atoms with Crippen molar-refractivity contribution in [2.24, 2.45) is 0 Å². The van der Waals surface area contributed by atoms with E-state index in [-0.39, 0.29) is 12.4 Å². The molecule has 4 rings (SSSR count). The highest BCUT2D eigenvalue weighted by molar-refractivity contribution is 5.97. The van der Waals surface area contributed by atoms with Crippen LogP contribution in [0.2, 0.25) is 0 Å². The molecule has 0 atom stereocenters. The molecule has 2 N–H and O–H groups in total. The average molecular weight is 372 g/mol. The first-order chi connectivity index (χ1) is 12.9. The molecular weight excluding hydrogens is 357 g/mol. The summed E-state index contributed by atoms with van der Waals surface area (Å²) in [5, 5.41) is 5.21. The van der Waals surface area contributed by atoms with Crippen molar-refractivity contribution in [3.63, 3.8) is 0 Å². The third-order valence-electron chi connectivity index (χ3n) is 4.34. The third kappa shape index (κ3) is 3.03. The highest BCUT2D eigenvalue weighted by atomic mass is 19.4. The summed E-state index contributed by atoms with van der Waals surface area (Å²) < 4.78 is 45.6. The Hall–Kier alpha value is -3.29. The van der Waals surface area contributed by atoms with Crippen LogP contribution in [-0.4, -0.2) is 21.7 Å². The third-order valence-corrected chi connectivity index (χ3v) is 4.34. The Labute approximate surface area is 152 Å². The second-order valence-corrected chi connectivity index (χ2v) is 6.13. The lowest BCUT2D eigenvalue weighted by atomic mass is 10.1. The molecule has 0 saturated heterocycles. The topological polar surface area (TPSA) is 65.4 Å². The molecule has 2 aromatic heterocycles. The second kappa shape index (κ2) is 6.15. The first kappa shape index (κ1) is 17.1. The number of hydrogen-bond acceptors (Lipinski definition) is 4. The largest absolute Gasteiger partial charge is 0.494 e. The van der Waals surface area contributed by atoms with Crippen LogP contribution in [0.25, 0.3) is 16.4 Å². The number of nitrogens with two attached hydrogens (primary N) is 1. The van der Waals surface area contributed by atoms with Crippen molar-refractivity contribution in [1.82, 2.24) is 14.6 Å². The van der Waals surface area contributed by atoms with Crippen molar-refractivity contribution >= 4 is 22.4 Å². The van der Waals surface area contributed by atoms with E-state index in [9.17, 15) is 13.2 Å². The molecule has 0 fully saturated rings. The van der Waals surface area contributed by atoms with Crippen molar-refractivity contribution in [1.29, 1.82) is 0 Å². The second-order valence-electron chi connectivity index (χ2n) is 6.13. The van der Waals surface area contributed by atoms with E-state index in [1.165, 1.54) is 10.6 Å². The summed E-state index contributed by atoms with van der Waals surface area (Å²) in [5.74, 6) is 0.764. The predicted molar refractivity (Wildman–Crippen MR) is 95.7 cm³/mol. The van der Waals surface area contributed by atoms with E-state index in [0.29, 0.717) is 22.5 Å². The van der Waals surface area contributed by atoms with Gasteiger partial charge in [-0.15, -0.1) is 0 Å². The first-order valence-corrected chi connectivity index (χ1v) is 8.14. The maximum atomic E-state index is 12.9. The fourth-order valence-electron chi connectivity index (χ4n) is 3.12. The molecule has 4 aromatic rings. The Morgan fingerprint density at radius 1 is 1.11 bits per heavy atom. The summed E-state index contributed by atoms with van der Waals surface area (Å²) in [6.45, 7) is 0. The van der Waals surface area contributed by atoms with Crippen LogP contribution in [-0.2, 0) is 12.6 Å². The van der Waals surface area contributed by atoms with Gasteiger partial charge in [0.1, 0.15) is 11.3 Å². The lowest BCUT2D eigenvalue weighted by Crippen LogP contribution is -2.05. The average Bonchev–Trinajstić information content (AvgIpc) is 3.05. The molecule has 5 nitrogen and oxygen atoms in total. The van der Waals surface area contributed by atoms with Gasteiger partial charge < -0.3 is 10.5 Å². The monoisotopic (exact) mass is 372 g/mol. The molecule has 0 bridgehead atoms. The number of halogens is 3. The van der Waals surface area contributed by atoms with E-state index in [1.807, 2.05) is 12.1 Å². The molecular formula is C19H15F3N4O. The van der Waals surface area contributed by atoms with Gasteiger partial charge in [0.15, 0.2) is 0 Å². The number of fused-ring (bicyclic) bond motifs is 3. The normalized spacial score (nSPS) is 12.0. The quantitative estimate of drug-likeness (QED) is 0.588. The number of alkyl halides is 3. The number of rotatable bonds is 3. The fourth-order valence-corrected chi connectivity index (χ4v) is 3.12. The molecule has 0 unspecified atom stereocenters. The molecule has 2 heterocycles. The minimum absolute atomic E-state index is 0.178. The summed E-state index contributed by atoms with van der Waals surface area (Å²) in [6.07, 6.45) is -4.13. The Balaban J connectivity index is 1.80. The van der Waals surface area contributed by atoms with Gasteiger partial charge in [0.2, 0.25) is 5.95 Å². The van der Waals surface area contributed by atoms with Gasteiger partial charge >= 0.3 is 6.18 Å². The molecule has 27 heavy (non-hydrogen) atoms. The van der Waals surface area contributed by atoms with Crippen LogP contribution in [0.1, 0.15) is 16.8 Å². The molecule has 0 aliphatic heterocycles. The van der Waals surface area contributed by atoms with Gasteiger partial charge in [-0.05, 0) is 23.8 Å². The van der Waals surface area contributed by atoms with Crippen LogP contribution in [0.5, 0.6) is 5.75 Å². The van der Waals surface area contributed by atoms with Crippen molar-refractivity contribution in [3.05, 3.63) is 65.4 Å². The smallest absolute Gasteiger partial charge is 0.416 e. The molecule has 138 valence electrons. The van der Waals surface area contributed by atoms with E-state index in [1.54, 1.807) is 25.3 Å². The summed E-state index contributed by atoms with van der Waals surface area (Å²) in [7, 11) is 1.55. The van der Waals surface area contributed by atoms with E-state index in [4.69, 9.17) is 10.5 Å². The van der Waals surface area contributed by atoms with Crippen LogP contribution in [0, 0.1) is 0 Å². The van der Waals surface area contributed by atoms with E-state index < -0.39 is 11.7 Å². The first-order valence-electron chi connectivity index (χ1n) is 8.14. The summed E-state index contributed by atoms with van der Waals surface area (Å²) >= 11 is 0. The lowest BCUT2D eigenvalue weighted by molar-refractivity contribution is -0.137. The standard InChI is InChI=1S/C19H15F3N4O/c1-27-16-7-3-6-14-15-10-13(25-26(15)18(23)24-17(14)16)9-11-4-2-5-12(8-11)19(20,21)22/h2-8,10H,9H2,1H3,(H2,23,24). The maximum Gasteiger partial charge on any atom is 0.416 e. The predicted octanol–water partition coefficient (Wildman–Crippen LogP) is 4.08. The van der Waals surface area contributed by atoms with E-state index >= 15 is 0 Å². The van der Waals surface area contributed by atoms with Gasteiger partial charge in [-0.1, -0.05) is 30.3 Å². The molecule has 0 radical (unpaired) electrons. The molecule has 8 heteroatoms. The minimum atomic E-state index is -4.38. The number of ether oxygens (including phenoxy) is 1.